The van der Waals surface area contributed by atoms with Crippen molar-refractivity contribution in [1.29, 1.82) is 0 Å². The standard InChI is InChI=1S/C57H95NO5/c1-7-8-9-10-11-12-13-14-15-16-17-18-19-20-22-30-54(60)62-44-26-25-41-58(42-43-59)40-24-21-23-31-55(61)63-49-36-38-56(5)48(45-49)32-33-50-52-35-34-51(47(4)29-27-28-46(2)3)57(52,6)39-37-53(50)56/h8-9,11-12,14-15,17-18,32,46-47,49-53,59H,7,10,13,16,19-31,33-45H2,1-6H3/b9-8+,12-11+,15-14+,18-17+. The monoisotopic (exact) mass is 874 g/mol. The van der Waals surface area contributed by atoms with E-state index in [2.05, 4.69) is 101 Å². The van der Waals surface area contributed by atoms with E-state index in [4.69, 9.17) is 9.47 Å². The summed E-state index contributed by atoms with van der Waals surface area (Å²) in [5.41, 5.74) is 2.39. The molecule has 0 spiro atoms. The highest BCUT2D eigenvalue weighted by Gasteiger charge is 2.59. The van der Waals surface area contributed by atoms with Crippen LogP contribution in [0.5, 0.6) is 0 Å². The van der Waals surface area contributed by atoms with Gasteiger partial charge in [-0.3, -0.25) is 9.59 Å². The highest BCUT2D eigenvalue weighted by atomic mass is 16.5. The first-order valence-electron chi connectivity index (χ1n) is 26.5. The molecule has 0 bridgehead atoms. The smallest absolute Gasteiger partial charge is 0.306 e. The quantitative estimate of drug-likeness (QED) is 0.0425. The second kappa shape index (κ2) is 29.3. The predicted octanol–water partition coefficient (Wildman–Crippen LogP) is 14.5. The molecule has 3 fully saturated rings. The number of aliphatic hydroxyl groups excluding tert-OH is 1. The number of ether oxygens (including phenoxy) is 2. The van der Waals surface area contributed by atoms with Crippen molar-refractivity contribution in [3.05, 3.63) is 60.3 Å². The van der Waals surface area contributed by atoms with Gasteiger partial charge >= 0.3 is 11.9 Å². The molecule has 63 heavy (non-hydrogen) atoms. The largest absolute Gasteiger partial charge is 0.466 e. The van der Waals surface area contributed by atoms with Gasteiger partial charge in [0.05, 0.1) is 13.2 Å². The first-order valence-corrected chi connectivity index (χ1v) is 26.5. The number of carbonyl (C=O) groups excluding carboxylic acids is 2. The van der Waals surface area contributed by atoms with Crippen molar-refractivity contribution in [2.75, 3.05) is 32.8 Å². The Bertz CT molecular complexity index is 1460. The van der Waals surface area contributed by atoms with Crippen LogP contribution in [0, 0.1) is 46.3 Å². The number of hydrogen-bond acceptors (Lipinski definition) is 6. The summed E-state index contributed by atoms with van der Waals surface area (Å²) in [7, 11) is 0. The number of carbonyl (C=O) groups is 2. The zero-order chi connectivity index (χ0) is 45.3. The van der Waals surface area contributed by atoms with E-state index in [-0.39, 0.29) is 30.1 Å². The molecule has 0 heterocycles. The van der Waals surface area contributed by atoms with Crippen LogP contribution in [-0.4, -0.2) is 60.9 Å². The Morgan fingerprint density at radius 3 is 2.14 bits per heavy atom. The first-order chi connectivity index (χ1) is 30.5. The van der Waals surface area contributed by atoms with Crippen LogP contribution in [0.4, 0.5) is 0 Å². The van der Waals surface area contributed by atoms with Crippen molar-refractivity contribution in [3.8, 4) is 0 Å². The van der Waals surface area contributed by atoms with Crippen molar-refractivity contribution < 1.29 is 24.2 Å². The Hall–Kier alpha value is -2.44. The van der Waals surface area contributed by atoms with E-state index < -0.39 is 0 Å². The molecule has 0 aliphatic heterocycles. The van der Waals surface area contributed by atoms with Crippen LogP contribution in [0.1, 0.15) is 202 Å². The summed E-state index contributed by atoms with van der Waals surface area (Å²) >= 11 is 0. The zero-order valence-corrected chi connectivity index (χ0v) is 41.5. The molecule has 0 aromatic heterocycles. The minimum atomic E-state index is -0.0985. The van der Waals surface area contributed by atoms with Crippen LogP contribution in [0.2, 0.25) is 0 Å². The number of nitrogens with zero attached hydrogens (tertiary/aromatic N) is 1. The van der Waals surface area contributed by atoms with Crippen LogP contribution >= 0.6 is 0 Å². The van der Waals surface area contributed by atoms with Gasteiger partial charge in [-0.2, -0.15) is 0 Å². The topological polar surface area (TPSA) is 76.1 Å². The van der Waals surface area contributed by atoms with E-state index in [1.165, 1.54) is 51.4 Å². The number of esters is 2. The molecule has 8 atom stereocenters. The lowest BCUT2D eigenvalue weighted by atomic mass is 9.47. The highest BCUT2D eigenvalue weighted by molar-refractivity contribution is 5.69. The third-order valence-corrected chi connectivity index (χ3v) is 16.2. The van der Waals surface area contributed by atoms with E-state index in [1.807, 2.05) is 0 Å². The minimum absolute atomic E-state index is 0.0292. The fraction of sp³-hybridized carbons (Fsp3) is 0.789. The van der Waals surface area contributed by atoms with Crippen molar-refractivity contribution >= 4 is 11.9 Å². The maximum absolute atomic E-state index is 13.0. The third kappa shape index (κ3) is 17.7. The van der Waals surface area contributed by atoms with Gasteiger partial charge in [-0.1, -0.05) is 127 Å². The molecule has 1 N–H and O–H groups in total. The molecule has 6 heteroatoms. The molecule has 0 saturated heterocycles. The Morgan fingerprint density at radius 2 is 1.43 bits per heavy atom. The maximum atomic E-state index is 13.0. The van der Waals surface area contributed by atoms with Crippen LogP contribution in [0.15, 0.2) is 60.3 Å². The fourth-order valence-corrected chi connectivity index (χ4v) is 12.6. The average Bonchev–Trinajstić information content (AvgIpc) is 3.62. The fourth-order valence-electron chi connectivity index (χ4n) is 12.6. The van der Waals surface area contributed by atoms with Crippen molar-refractivity contribution in [2.24, 2.45) is 46.3 Å². The minimum Gasteiger partial charge on any atom is -0.466 e. The lowest BCUT2D eigenvalue weighted by molar-refractivity contribution is -0.151. The van der Waals surface area contributed by atoms with Gasteiger partial charge < -0.3 is 19.5 Å². The van der Waals surface area contributed by atoms with E-state index in [0.29, 0.717) is 31.4 Å². The molecule has 4 aliphatic carbocycles. The predicted molar refractivity (Wildman–Crippen MR) is 264 cm³/mol. The van der Waals surface area contributed by atoms with Crippen LogP contribution in [0.25, 0.3) is 0 Å². The Kier molecular flexibility index (Phi) is 24.7. The molecule has 6 nitrogen and oxygen atoms in total. The molecule has 4 aliphatic rings. The van der Waals surface area contributed by atoms with Crippen molar-refractivity contribution in [2.45, 2.75) is 208 Å². The lowest BCUT2D eigenvalue weighted by Gasteiger charge is -2.58. The van der Waals surface area contributed by atoms with Gasteiger partial charge in [-0.05, 0) is 175 Å². The van der Waals surface area contributed by atoms with Crippen molar-refractivity contribution in [1.82, 2.24) is 4.90 Å². The molecule has 0 radical (unpaired) electrons. The Morgan fingerprint density at radius 1 is 0.746 bits per heavy atom. The molecule has 0 amide bonds. The third-order valence-electron chi connectivity index (χ3n) is 16.2. The molecule has 4 rings (SSSR count). The molecule has 8 unspecified atom stereocenters. The van der Waals surface area contributed by atoms with Gasteiger partial charge in [0.25, 0.3) is 0 Å². The Balaban J connectivity index is 1.02. The normalized spacial score (nSPS) is 27.7. The number of allylic oxidation sites excluding steroid dienone is 9. The summed E-state index contributed by atoms with van der Waals surface area (Å²) in [6, 6.07) is 0. The number of rotatable bonds is 31. The second-order valence-corrected chi connectivity index (χ2v) is 21.2. The van der Waals surface area contributed by atoms with Gasteiger partial charge in [-0.15, -0.1) is 0 Å². The molecule has 0 aromatic carbocycles. The number of fused-ring (bicyclic) bond motifs is 5. The summed E-state index contributed by atoms with van der Waals surface area (Å²) in [6.45, 7) is 17.8. The van der Waals surface area contributed by atoms with E-state index in [1.54, 1.807) is 5.57 Å². The van der Waals surface area contributed by atoms with Crippen molar-refractivity contribution in [3.63, 3.8) is 0 Å². The molecular weight excluding hydrogens is 779 g/mol. The van der Waals surface area contributed by atoms with Crippen LogP contribution < -0.4 is 0 Å². The van der Waals surface area contributed by atoms with Gasteiger partial charge in [0, 0.05) is 25.8 Å². The molecular formula is C57H95NO5. The summed E-state index contributed by atoms with van der Waals surface area (Å²) in [6.07, 6.45) is 46.9. The number of aliphatic hydroxyl groups is 1. The van der Waals surface area contributed by atoms with Crippen LogP contribution in [-0.2, 0) is 19.1 Å². The molecule has 358 valence electrons. The lowest BCUT2D eigenvalue weighted by Crippen LogP contribution is -2.51. The Labute approximate surface area is 387 Å². The summed E-state index contributed by atoms with van der Waals surface area (Å²) in [4.78, 5) is 27.5. The van der Waals surface area contributed by atoms with Gasteiger partial charge in [0.15, 0.2) is 0 Å². The number of hydrogen-bond donors (Lipinski definition) is 1. The van der Waals surface area contributed by atoms with Gasteiger partial charge in [0.1, 0.15) is 6.10 Å². The van der Waals surface area contributed by atoms with E-state index in [0.717, 1.165) is 145 Å². The average molecular weight is 874 g/mol. The van der Waals surface area contributed by atoms with Gasteiger partial charge in [-0.25, -0.2) is 0 Å². The summed E-state index contributed by atoms with van der Waals surface area (Å²) in [5.74, 6) is 4.93. The molecule has 3 saturated carbocycles. The summed E-state index contributed by atoms with van der Waals surface area (Å²) in [5, 5.41) is 9.64. The zero-order valence-electron chi connectivity index (χ0n) is 41.5. The highest BCUT2D eigenvalue weighted by Crippen LogP contribution is 2.67. The van der Waals surface area contributed by atoms with E-state index in [9.17, 15) is 14.7 Å². The first kappa shape index (κ1) is 53.2. The maximum Gasteiger partial charge on any atom is 0.306 e. The van der Waals surface area contributed by atoms with Gasteiger partial charge in [0.2, 0.25) is 0 Å². The molecule has 0 aromatic rings. The SMILES string of the molecule is CC/C=C/C/C=C/C/C=C/C/C=C/CCCCC(=O)OCCCCN(CCO)CCCCCC(=O)OC1CCC2(C)C(=CCC3C2CCC2(C)C(C(C)CCCC(C)C)CCC32)C1. The number of unbranched alkanes of at least 4 members (excludes halogenated alkanes) is 5. The van der Waals surface area contributed by atoms with E-state index >= 15 is 0 Å². The summed E-state index contributed by atoms with van der Waals surface area (Å²) < 4.78 is 11.6. The second-order valence-electron chi connectivity index (χ2n) is 21.2. The van der Waals surface area contributed by atoms with Crippen LogP contribution in [0.3, 0.4) is 0 Å².